The Bertz CT molecular complexity index is 767. The Morgan fingerprint density at radius 3 is 2.86 bits per heavy atom. The molecule has 7 nitrogen and oxygen atoms in total. The lowest BCUT2D eigenvalue weighted by molar-refractivity contribution is -0.122. The van der Waals surface area contributed by atoms with Crippen molar-refractivity contribution in [2.75, 3.05) is 6.26 Å². The Morgan fingerprint density at radius 1 is 1.48 bits per heavy atom. The van der Waals surface area contributed by atoms with Crippen LogP contribution in [0.4, 0.5) is 0 Å². The van der Waals surface area contributed by atoms with Crippen LogP contribution in [0.25, 0.3) is 5.65 Å². The van der Waals surface area contributed by atoms with Crippen molar-refractivity contribution in [3.63, 3.8) is 0 Å². The van der Waals surface area contributed by atoms with Gasteiger partial charge in [-0.3, -0.25) is 4.79 Å². The number of nitrogens with one attached hydrogen (secondary N) is 2. The molecule has 0 aliphatic carbocycles. The first kappa shape index (κ1) is 15.5. The summed E-state index contributed by atoms with van der Waals surface area (Å²) >= 11 is 0. The first-order valence-electron chi connectivity index (χ1n) is 6.44. The van der Waals surface area contributed by atoms with Crippen LogP contribution >= 0.6 is 0 Å². The van der Waals surface area contributed by atoms with Crippen molar-refractivity contribution in [2.24, 2.45) is 0 Å². The van der Waals surface area contributed by atoms with Gasteiger partial charge in [-0.2, -0.15) is 0 Å². The van der Waals surface area contributed by atoms with Gasteiger partial charge in [-0.15, -0.1) is 0 Å². The lowest BCUT2D eigenvalue weighted by Crippen LogP contribution is -2.44. The van der Waals surface area contributed by atoms with Gasteiger partial charge >= 0.3 is 0 Å². The van der Waals surface area contributed by atoms with Gasteiger partial charge in [0.2, 0.25) is 15.9 Å². The number of carbonyl (C=O) groups is 1. The summed E-state index contributed by atoms with van der Waals surface area (Å²) in [4.78, 5) is 16.2. The van der Waals surface area contributed by atoms with Gasteiger partial charge in [0.15, 0.2) is 0 Å². The molecule has 114 valence electrons. The Morgan fingerprint density at radius 2 is 2.19 bits per heavy atom. The molecule has 1 amide bonds. The van der Waals surface area contributed by atoms with Gasteiger partial charge in [-0.05, 0) is 31.5 Å². The predicted octanol–water partition coefficient (Wildman–Crippen LogP) is 0.197. The number of hydrogen-bond acceptors (Lipinski definition) is 4. The minimum absolute atomic E-state index is 0.245. The van der Waals surface area contributed by atoms with E-state index < -0.39 is 22.0 Å². The van der Waals surface area contributed by atoms with E-state index in [2.05, 4.69) is 15.0 Å². The quantitative estimate of drug-likeness (QED) is 0.825. The van der Waals surface area contributed by atoms with Crippen LogP contribution in [0.2, 0.25) is 0 Å². The second kappa shape index (κ2) is 5.82. The second-order valence-electron chi connectivity index (χ2n) is 5.03. The van der Waals surface area contributed by atoms with Crippen LogP contribution in [0.3, 0.4) is 0 Å². The van der Waals surface area contributed by atoms with Crippen LogP contribution in [0, 0.1) is 6.92 Å². The fourth-order valence-electron chi connectivity index (χ4n) is 1.93. The lowest BCUT2D eigenvalue weighted by Gasteiger charge is -2.11. The molecule has 2 heterocycles. The Labute approximate surface area is 123 Å². The number of sulfonamides is 1. The van der Waals surface area contributed by atoms with Crippen LogP contribution in [0.5, 0.6) is 0 Å². The summed E-state index contributed by atoms with van der Waals surface area (Å²) in [7, 11) is -3.41. The highest BCUT2D eigenvalue weighted by atomic mass is 32.2. The average Bonchev–Trinajstić information content (AvgIpc) is 2.75. The minimum Gasteiger partial charge on any atom is -0.349 e. The van der Waals surface area contributed by atoms with Crippen molar-refractivity contribution < 1.29 is 13.2 Å². The molecule has 0 fully saturated rings. The Kier molecular flexibility index (Phi) is 4.29. The molecule has 0 spiro atoms. The number of aromatic nitrogens is 2. The third-order valence-electron chi connectivity index (χ3n) is 2.89. The maximum atomic E-state index is 11.8. The van der Waals surface area contributed by atoms with Gasteiger partial charge in [0.25, 0.3) is 0 Å². The highest BCUT2D eigenvalue weighted by Gasteiger charge is 2.16. The van der Waals surface area contributed by atoms with Crippen LogP contribution in [0.1, 0.15) is 18.2 Å². The number of fused-ring (bicyclic) bond motifs is 1. The highest BCUT2D eigenvalue weighted by molar-refractivity contribution is 7.88. The van der Waals surface area contributed by atoms with Crippen molar-refractivity contribution in [1.82, 2.24) is 19.4 Å². The summed E-state index contributed by atoms with van der Waals surface area (Å²) in [5.41, 5.74) is 2.62. The van der Waals surface area contributed by atoms with E-state index in [1.807, 2.05) is 35.9 Å². The smallest absolute Gasteiger partial charge is 0.238 e. The Hall–Kier alpha value is -1.93. The van der Waals surface area contributed by atoms with Gasteiger partial charge in [-0.1, -0.05) is 0 Å². The zero-order valence-electron chi connectivity index (χ0n) is 12.1. The molecular formula is C13H18N4O3S. The molecule has 0 radical (unpaired) electrons. The molecule has 21 heavy (non-hydrogen) atoms. The topological polar surface area (TPSA) is 92.6 Å². The summed E-state index contributed by atoms with van der Waals surface area (Å²) < 4.78 is 26.2. The summed E-state index contributed by atoms with van der Waals surface area (Å²) in [5, 5.41) is 2.66. The number of carbonyl (C=O) groups excluding carboxylic acids is 1. The van der Waals surface area contributed by atoms with Crippen LogP contribution < -0.4 is 10.0 Å². The van der Waals surface area contributed by atoms with Crippen molar-refractivity contribution in [2.45, 2.75) is 26.4 Å². The zero-order valence-corrected chi connectivity index (χ0v) is 12.9. The van der Waals surface area contributed by atoms with Crippen LogP contribution in [0.15, 0.2) is 24.5 Å². The summed E-state index contributed by atoms with van der Waals surface area (Å²) in [5.74, 6) is -0.395. The van der Waals surface area contributed by atoms with Gasteiger partial charge in [0.1, 0.15) is 5.65 Å². The molecule has 0 saturated heterocycles. The summed E-state index contributed by atoms with van der Waals surface area (Å²) in [6.07, 6.45) is 4.74. The van der Waals surface area contributed by atoms with Crippen molar-refractivity contribution in [3.05, 3.63) is 35.8 Å². The molecule has 0 aliphatic heterocycles. The SMILES string of the molecule is Cc1ccn2cc(CNC(=O)[C@H](C)NS(C)(=O)=O)nc2c1. The fraction of sp³-hybridized carbons (Fsp3) is 0.385. The fourth-order valence-corrected chi connectivity index (χ4v) is 2.68. The molecule has 0 aromatic carbocycles. The summed E-state index contributed by atoms with van der Waals surface area (Å²) in [6, 6.07) is 3.09. The number of rotatable bonds is 5. The molecule has 2 N–H and O–H groups in total. The average molecular weight is 310 g/mol. The minimum atomic E-state index is -3.41. The van der Waals surface area contributed by atoms with Gasteiger partial charge in [0, 0.05) is 12.4 Å². The van der Waals surface area contributed by atoms with Crippen LogP contribution in [-0.4, -0.2) is 36.0 Å². The second-order valence-corrected chi connectivity index (χ2v) is 6.81. The molecule has 0 bridgehead atoms. The number of aryl methyl sites for hydroxylation is 1. The summed E-state index contributed by atoms with van der Waals surface area (Å²) in [6.45, 7) is 3.72. The third-order valence-corrected chi connectivity index (χ3v) is 3.68. The van der Waals surface area contributed by atoms with E-state index in [9.17, 15) is 13.2 Å². The normalized spacial score (nSPS) is 13.3. The highest BCUT2D eigenvalue weighted by Crippen LogP contribution is 2.07. The first-order chi connectivity index (χ1) is 9.74. The van der Waals surface area contributed by atoms with Gasteiger partial charge in [0.05, 0.1) is 24.5 Å². The molecule has 2 aromatic heterocycles. The Balaban J connectivity index is 1.99. The van der Waals surface area contributed by atoms with E-state index in [0.29, 0.717) is 5.69 Å². The van der Waals surface area contributed by atoms with Crippen LogP contribution in [-0.2, 0) is 21.4 Å². The van der Waals surface area contributed by atoms with Crippen molar-refractivity contribution in [1.29, 1.82) is 0 Å². The maximum Gasteiger partial charge on any atom is 0.238 e. The molecule has 1 atom stereocenters. The number of hydrogen-bond donors (Lipinski definition) is 2. The van der Waals surface area contributed by atoms with Gasteiger partial charge < -0.3 is 9.72 Å². The van der Waals surface area contributed by atoms with E-state index in [1.165, 1.54) is 6.92 Å². The molecule has 2 aromatic rings. The van der Waals surface area contributed by atoms with E-state index in [1.54, 1.807) is 0 Å². The van der Waals surface area contributed by atoms with Crippen molar-refractivity contribution >= 4 is 21.6 Å². The standard InChI is InChI=1S/C13H18N4O3S/c1-9-4-5-17-8-11(15-12(17)6-9)7-14-13(18)10(2)16-21(3,19)20/h4-6,8,10,16H,7H2,1-3H3,(H,14,18)/t10-/m0/s1. The number of nitrogens with zero attached hydrogens (tertiary/aromatic N) is 2. The molecule has 8 heteroatoms. The number of pyridine rings is 1. The molecule has 0 aliphatic rings. The number of amides is 1. The third kappa shape index (κ3) is 4.27. The van der Waals surface area contributed by atoms with Gasteiger partial charge in [-0.25, -0.2) is 18.1 Å². The van der Waals surface area contributed by atoms with E-state index in [4.69, 9.17) is 0 Å². The van der Waals surface area contributed by atoms with E-state index >= 15 is 0 Å². The van der Waals surface area contributed by atoms with E-state index in [0.717, 1.165) is 17.5 Å². The molecule has 0 unspecified atom stereocenters. The first-order valence-corrected chi connectivity index (χ1v) is 8.33. The monoisotopic (exact) mass is 310 g/mol. The lowest BCUT2D eigenvalue weighted by atomic mass is 10.3. The molecule has 0 saturated carbocycles. The van der Waals surface area contributed by atoms with E-state index in [-0.39, 0.29) is 6.54 Å². The zero-order chi connectivity index (χ0) is 15.6. The number of imidazole rings is 1. The molecule has 2 rings (SSSR count). The largest absolute Gasteiger partial charge is 0.349 e. The molecular weight excluding hydrogens is 292 g/mol. The maximum absolute atomic E-state index is 11.8. The van der Waals surface area contributed by atoms with Crippen molar-refractivity contribution in [3.8, 4) is 0 Å². The predicted molar refractivity (Wildman–Crippen MR) is 79.2 cm³/mol.